The van der Waals surface area contributed by atoms with Crippen LogP contribution in [0, 0.1) is 23.1 Å². The number of fused-ring (bicyclic) bond motifs is 3. The maximum absolute atomic E-state index is 14.4. The van der Waals surface area contributed by atoms with Crippen LogP contribution in [0.25, 0.3) is 21.9 Å². The Hall–Kier alpha value is -2.73. The Morgan fingerprint density at radius 1 is 1.04 bits per heavy atom. The molecule has 0 aliphatic heterocycles. The lowest BCUT2D eigenvalue weighted by Gasteiger charge is -2.28. The molecule has 0 heterocycles. The SMILES string of the molecule is CC[C@@H]1Cc2ccc3cc(-c4ccc(C#N)c(F)c4)ccc3c2C[C@H]1F. The molecule has 0 unspecified atom stereocenters. The van der Waals surface area contributed by atoms with Crippen LogP contribution >= 0.6 is 0 Å². The molecule has 0 spiro atoms. The third-order valence-electron chi connectivity index (χ3n) is 5.57. The van der Waals surface area contributed by atoms with Crippen LogP contribution in [0.4, 0.5) is 8.78 Å². The van der Waals surface area contributed by atoms with Gasteiger partial charge < -0.3 is 0 Å². The Kier molecular flexibility index (Phi) is 4.20. The Labute approximate surface area is 151 Å². The predicted octanol–water partition coefficient (Wildman–Crippen LogP) is 5.98. The summed E-state index contributed by atoms with van der Waals surface area (Å²) in [7, 11) is 0. The van der Waals surface area contributed by atoms with Gasteiger partial charge in [0.25, 0.3) is 0 Å². The van der Waals surface area contributed by atoms with Crippen molar-refractivity contribution in [3.63, 3.8) is 0 Å². The van der Waals surface area contributed by atoms with E-state index in [1.54, 1.807) is 6.07 Å². The molecule has 0 fully saturated rings. The largest absolute Gasteiger partial charge is 0.247 e. The van der Waals surface area contributed by atoms with E-state index < -0.39 is 12.0 Å². The second-order valence-electron chi connectivity index (χ2n) is 7.04. The van der Waals surface area contributed by atoms with Crippen molar-refractivity contribution in [2.75, 3.05) is 0 Å². The summed E-state index contributed by atoms with van der Waals surface area (Å²) < 4.78 is 28.4. The molecular weight excluding hydrogens is 328 g/mol. The Bertz CT molecular complexity index is 1030. The number of halogens is 2. The van der Waals surface area contributed by atoms with Crippen molar-refractivity contribution in [2.24, 2.45) is 5.92 Å². The third kappa shape index (κ3) is 2.76. The lowest BCUT2D eigenvalue weighted by Crippen LogP contribution is -2.26. The minimum Gasteiger partial charge on any atom is -0.247 e. The summed E-state index contributed by atoms with van der Waals surface area (Å²) in [6, 6.07) is 16.6. The van der Waals surface area contributed by atoms with Crippen LogP contribution in [0.3, 0.4) is 0 Å². The van der Waals surface area contributed by atoms with Crippen molar-refractivity contribution in [1.82, 2.24) is 0 Å². The first kappa shape index (κ1) is 16.7. The number of hydrogen-bond acceptors (Lipinski definition) is 1. The smallest absolute Gasteiger partial charge is 0.141 e. The van der Waals surface area contributed by atoms with Crippen molar-refractivity contribution in [3.05, 3.63) is 71.0 Å². The zero-order chi connectivity index (χ0) is 18.3. The molecule has 0 saturated carbocycles. The van der Waals surface area contributed by atoms with Gasteiger partial charge in [-0.2, -0.15) is 5.26 Å². The lowest BCUT2D eigenvalue weighted by molar-refractivity contribution is 0.208. The molecule has 1 aliphatic carbocycles. The summed E-state index contributed by atoms with van der Waals surface area (Å²) in [5, 5.41) is 11.0. The molecule has 130 valence electrons. The molecule has 0 radical (unpaired) electrons. The van der Waals surface area contributed by atoms with E-state index in [2.05, 4.69) is 12.1 Å². The first-order valence-corrected chi connectivity index (χ1v) is 8.99. The fourth-order valence-electron chi connectivity index (χ4n) is 4.01. The standard InChI is InChI=1S/C23H19F2N/c1-2-14-9-18-5-4-17-10-15(7-8-20(17)21(18)12-23(14)25)16-3-6-19(13-26)22(24)11-16/h3-8,10-11,14,23H,2,9,12H2,1H3/t14-,23-/m1/s1. The highest BCUT2D eigenvalue weighted by atomic mass is 19.1. The molecule has 26 heavy (non-hydrogen) atoms. The second-order valence-corrected chi connectivity index (χ2v) is 7.04. The van der Waals surface area contributed by atoms with E-state index in [1.807, 2.05) is 31.2 Å². The number of nitriles is 1. The highest BCUT2D eigenvalue weighted by molar-refractivity contribution is 5.91. The average Bonchev–Trinajstić information content (AvgIpc) is 2.67. The van der Waals surface area contributed by atoms with E-state index in [9.17, 15) is 8.78 Å². The predicted molar refractivity (Wildman–Crippen MR) is 100 cm³/mol. The molecule has 0 N–H and O–H groups in total. The van der Waals surface area contributed by atoms with Gasteiger partial charge in [0, 0.05) is 6.42 Å². The molecule has 1 aliphatic rings. The molecule has 2 atom stereocenters. The van der Waals surface area contributed by atoms with Gasteiger partial charge in [0.05, 0.1) is 5.56 Å². The summed E-state index contributed by atoms with van der Waals surface area (Å²) >= 11 is 0. The van der Waals surface area contributed by atoms with E-state index in [0.29, 0.717) is 6.42 Å². The molecular formula is C23H19F2N. The topological polar surface area (TPSA) is 23.8 Å². The van der Waals surface area contributed by atoms with Gasteiger partial charge in [-0.15, -0.1) is 0 Å². The van der Waals surface area contributed by atoms with Gasteiger partial charge >= 0.3 is 0 Å². The van der Waals surface area contributed by atoms with Crippen molar-refractivity contribution in [1.29, 1.82) is 5.26 Å². The van der Waals surface area contributed by atoms with Crippen LogP contribution in [0.5, 0.6) is 0 Å². The van der Waals surface area contributed by atoms with Crippen molar-refractivity contribution >= 4 is 10.8 Å². The molecule has 0 amide bonds. The maximum atomic E-state index is 14.4. The number of rotatable bonds is 2. The van der Waals surface area contributed by atoms with Crippen LogP contribution < -0.4 is 0 Å². The quantitative estimate of drug-likeness (QED) is 0.559. The van der Waals surface area contributed by atoms with Gasteiger partial charge in [0.1, 0.15) is 18.1 Å². The normalized spacial score (nSPS) is 19.2. The minimum atomic E-state index is -0.787. The molecule has 0 saturated heterocycles. The molecule has 3 aromatic carbocycles. The summed E-state index contributed by atoms with van der Waals surface area (Å²) in [4.78, 5) is 0. The fraction of sp³-hybridized carbons (Fsp3) is 0.261. The second kappa shape index (κ2) is 6.53. The average molecular weight is 347 g/mol. The van der Waals surface area contributed by atoms with E-state index in [-0.39, 0.29) is 11.5 Å². The van der Waals surface area contributed by atoms with E-state index in [4.69, 9.17) is 5.26 Å². The monoisotopic (exact) mass is 347 g/mol. The Morgan fingerprint density at radius 2 is 1.81 bits per heavy atom. The number of hydrogen-bond donors (Lipinski definition) is 0. The lowest BCUT2D eigenvalue weighted by atomic mass is 9.79. The molecule has 0 bridgehead atoms. The van der Waals surface area contributed by atoms with Crippen LogP contribution in [0.2, 0.25) is 0 Å². The summed E-state index contributed by atoms with van der Waals surface area (Å²) in [5.74, 6) is -0.401. The van der Waals surface area contributed by atoms with Crippen molar-refractivity contribution < 1.29 is 8.78 Å². The van der Waals surface area contributed by atoms with Crippen LogP contribution in [0.15, 0.2) is 48.5 Å². The minimum absolute atomic E-state index is 0.0445. The number of nitrogens with zero attached hydrogens (tertiary/aromatic N) is 1. The zero-order valence-corrected chi connectivity index (χ0v) is 14.6. The zero-order valence-electron chi connectivity index (χ0n) is 14.6. The summed E-state index contributed by atoms with van der Waals surface area (Å²) in [6.45, 7) is 2.05. The highest BCUT2D eigenvalue weighted by Gasteiger charge is 2.28. The van der Waals surface area contributed by atoms with Crippen molar-refractivity contribution in [2.45, 2.75) is 32.4 Å². The van der Waals surface area contributed by atoms with E-state index in [1.165, 1.54) is 17.7 Å². The van der Waals surface area contributed by atoms with Crippen LogP contribution in [-0.2, 0) is 12.8 Å². The van der Waals surface area contributed by atoms with Gasteiger partial charge in [-0.05, 0) is 63.6 Å². The molecule has 4 rings (SSSR count). The van der Waals surface area contributed by atoms with Gasteiger partial charge in [0.2, 0.25) is 0 Å². The van der Waals surface area contributed by atoms with Gasteiger partial charge in [-0.1, -0.05) is 43.7 Å². The molecule has 0 aromatic heterocycles. The van der Waals surface area contributed by atoms with Crippen molar-refractivity contribution in [3.8, 4) is 17.2 Å². The molecule has 1 nitrogen and oxygen atoms in total. The number of benzene rings is 3. The van der Waals surface area contributed by atoms with Crippen LogP contribution in [0.1, 0.15) is 30.0 Å². The van der Waals surface area contributed by atoms with Gasteiger partial charge in [-0.3, -0.25) is 0 Å². The fourth-order valence-corrected chi connectivity index (χ4v) is 4.01. The van der Waals surface area contributed by atoms with Crippen LogP contribution in [-0.4, -0.2) is 6.17 Å². The van der Waals surface area contributed by atoms with Gasteiger partial charge in [0.15, 0.2) is 0 Å². The van der Waals surface area contributed by atoms with E-state index in [0.717, 1.165) is 40.3 Å². The third-order valence-corrected chi connectivity index (χ3v) is 5.57. The summed E-state index contributed by atoms with van der Waals surface area (Å²) in [6.07, 6.45) is 1.34. The first-order valence-electron chi connectivity index (χ1n) is 8.99. The Balaban J connectivity index is 1.78. The van der Waals surface area contributed by atoms with Gasteiger partial charge in [-0.25, -0.2) is 8.78 Å². The maximum Gasteiger partial charge on any atom is 0.141 e. The van der Waals surface area contributed by atoms with E-state index >= 15 is 0 Å². The first-order chi connectivity index (χ1) is 12.6. The molecule has 3 heteroatoms. The Morgan fingerprint density at radius 3 is 2.54 bits per heavy atom. The highest BCUT2D eigenvalue weighted by Crippen LogP contribution is 2.36. The number of alkyl halides is 1. The molecule has 3 aromatic rings. The summed E-state index contributed by atoms with van der Waals surface area (Å²) in [5.41, 5.74) is 4.02.